The number of sulfonamides is 1. The van der Waals surface area contributed by atoms with Crippen molar-refractivity contribution in [3.05, 3.63) is 53.6 Å². The van der Waals surface area contributed by atoms with Crippen LogP contribution in [0.3, 0.4) is 0 Å². The van der Waals surface area contributed by atoms with Crippen molar-refractivity contribution in [2.75, 3.05) is 26.0 Å². The average Bonchev–Trinajstić information content (AvgIpc) is 2.68. The number of amides is 1. The van der Waals surface area contributed by atoms with Gasteiger partial charge in [0.05, 0.1) is 6.61 Å². The van der Waals surface area contributed by atoms with E-state index in [0.29, 0.717) is 25.1 Å². The van der Waals surface area contributed by atoms with Crippen molar-refractivity contribution in [2.45, 2.75) is 38.0 Å². The summed E-state index contributed by atoms with van der Waals surface area (Å²) in [5, 5.41) is 2.78. The van der Waals surface area contributed by atoms with Crippen LogP contribution in [0.25, 0.3) is 0 Å². The van der Waals surface area contributed by atoms with E-state index < -0.39 is 10.0 Å². The number of aryl methyl sites for hydroxylation is 2. The van der Waals surface area contributed by atoms with Crippen molar-refractivity contribution in [1.82, 2.24) is 4.31 Å². The Morgan fingerprint density at radius 1 is 1.04 bits per heavy atom. The number of carbonyl (C=O) groups is 1. The molecule has 2 aromatic rings. The minimum atomic E-state index is -3.69. The molecule has 0 saturated heterocycles. The highest BCUT2D eigenvalue weighted by molar-refractivity contribution is 7.89. The first-order valence-corrected chi connectivity index (χ1v) is 10.8. The van der Waals surface area contributed by atoms with Crippen molar-refractivity contribution in [2.24, 2.45) is 0 Å². The van der Waals surface area contributed by atoms with Gasteiger partial charge in [-0.25, -0.2) is 12.7 Å². The van der Waals surface area contributed by atoms with Crippen LogP contribution < -0.4 is 10.1 Å². The fourth-order valence-electron chi connectivity index (χ4n) is 2.68. The summed E-state index contributed by atoms with van der Waals surface area (Å²) >= 11 is 0. The molecule has 2 aromatic carbocycles. The molecule has 1 amide bonds. The second-order valence-corrected chi connectivity index (χ2v) is 8.72. The van der Waals surface area contributed by atoms with Crippen LogP contribution in [0, 0.1) is 0 Å². The topological polar surface area (TPSA) is 75.7 Å². The highest BCUT2D eigenvalue weighted by Gasteiger charge is 2.23. The number of anilines is 1. The monoisotopic (exact) mass is 404 g/mol. The molecule has 7 heteroatoms. The zero-order valence-corrected chi connectivity index (χ0v) is 17.7. The largest absolute Gasteiger partial charge is 0.492 e. The molecule has 6 nitrogen and oxygen atoms in total. The number of hydrogen-bond donors (Lipinski definition) is 1. The number of nitrogens with zero attached hydrogens (tertiary/aromatic N) is 1. The molecule has 1 N–H and O–H groups in total. The third-order valence-corrected chi connectivity index (χ3v) is 6.19. The Bertz CT molecular complexity index is 907. The third-order valence-electron chi connectivity index (χ3n) is 4.36. The number of carbonyl (C=O) groups excluding carboxylic acids is 1. The minimum Gasteiger partial charge on any atom is -0.492 e. The zero-order valence-electron chi connectivity index (χ0n) is 16.9. The summed E-state index contributed by atoms with van der Waals surface area (Å²) in [6.07, 6.45) is 1.92. The van der Waals surface area contributed by atoms with Crippen molar-refractivity contribution < 1.29 is 17.9 Å². The summed E-state index contributed by atoms with van der Waals surface area (Å²) in [4.78, 5) is 12.3. The molecule has 0 heterocycles. The van der Waals surface area contributed by atoms with Gasteiger partial charge in [-0.2, -0.15) is 0 Å². The molecule has 0 radical (unpaired) electrons. The van der Waals surface area contributed by atoms with E-state index in [2.05, 4.69) is 24.4 Å². The van der Waals surface area contributed by atoms with E-state index in [1.165, 1.54) is 25.7 Å². The van der Waals surface area contributed by atoms with Gasteiger partial charge < -0.3 is 10.1 Å². The molecule has 0 atom stereocenters. The maximum atomic E-state index is 12.6. The molecule has 0 aliphatic carbocycles. The first kappa shape index (κ1) is 21.9. The van der Waals surface area contributed by atoms with Crippen LogP contribution in [0.5, 0.6) is 5.75 Å². The van der Waals surface area contributed by atoms with Gasteiger partial charge in [0, 0.05) is 26.2 Å². The Morgan fingerprint density at radius 3 is 2.25 bits per heavy atom. The molecule has 0 saturated carbocycles. The van der Waals surface area contributed by atoms with E-state index in [-0.39, 0.29) is 16.6 Å². The molecule has 0 spiro atoms. The second kappa shape index (κ2) is 9.71. The Hall–Kier alpha value is -2.38. The summed E-state index contributed by atoms with van der Waals surface area (Å²) in [7, 11) is -0.776. The summed E-state index contributed by atoms with van der Waals surface area (Å²) in [5.41, 5.74) is 2.78. The lowest BCUT2D eigenvalue weighted by Gasteiger charge is -2.16. The number of nitrogens with one attached hydrogen (secondary N) is 1. The standard InChI is InChI=1S/C21H28N2O4S/c1-5-16-7-9-17(10-8-16)11-14-21(24)22-18-12-13-19(27-6-2)20(15-18)28(25,26)23(3)4/h7-10,12-13,15H,5-6,11,14H2,1-4H3,(H,22,24). The number of benzene rings is 2. The molecule has 2 rings (SSSR count). The predicted octanol–water partition coefficient (Wildman–Crippen LogP) is 3.47. The molecule has 0 unspecified atom stereocenters. The average molecular weight is 405 g/mol. The Balaban J connectivity index is 2.11. The first-order valence-electron chi connectivity index (χ1n) is 9.35. The van der Waals surface area contributed by atoms with E-state index in [9.17, 15) is 13.2 Å². The Labute approximate surface area is 167 Å². The van der Waals surface area contributed by atoms with Gasteiger partial charge in [-0.3, -0.25) is 4.79 Å². The van der Waals surface area contributed by atoms with Gasteiger partial charge >= 0.3 is 0 Å². The van der Waals surface area contributed by atoms with E-state index in [0.717, 1.165) is 16.3 Å². The van der Waals surface area contributed by atoms with Crippen LogP contribution >= 0.6 is 0 Å². The minimum absolute atomic E-state index is 0.0345. The van der Waals surface area contributed by atoms with Gasteiger partial charge in [0.25, 0.3) is 0 Å². The van der Waals surface area contributed by atoms with Crippen LogP contribution in [0.1, 0.15) is 31.4 Å². The van der Waals surface area contributed by atoms with Gasteiger partial charge in [0.2, 0.25) is 15.9 Å². The number of rotatable bonds is 9. The molecule has 0 aromatic heterocycles. The van der Waals surface area contributed by atoms with Gasteiger partial charge in [-0.15, -0.1) is 0 Å². The van der Waals surface area contributed by atoms with Gasteiger partial charge in [0.15, 0.2) is 0 Å². The lowest BCUT2D eigenvalue weighted by Crippen LogP contribution is -2.23. The zero-order chi connectivity index (χ0) is 20.7. The molecule has 0 aliphatic rings. The fraction of sp³-hybridized carbons (Fsp3) is 0.381. The fourth-order valence-corrected chi connectivity index (χ4v) is 3.73. The van der Waals surface area contributed by atoms with Crippen LogP contribution in [0.4, 0.5) is 5.69 Å². The quantitative estimate of drug-likeness (QED) is 0.694. The summed E-state index contributed by atoms with van der Waals surface area (Å²) in [6, 6.07) is 12.9. The van der Waals surface area contributed by atoms with Gasteiger partial charge in [-0.05, 0) is 49.1 Å². The van der Waals surface area contributed by atoms with Gasteiger partial charge in [0.1, 0.15) is 10.6 Å². The maximum absolute atomic E-state index is 12.6. The van der Waals surface area contributed by atoms with E-state index in [1.807, 2.05) is 12.1 Å². The molecule has 28 heavy (non-hydrogen) atoms. The van der Waals surface area contributed by atoms with Crippen LogP contribution in [0.15, 0.2) is 47.4 Å². The molecule has 0 aliphatic heterocycles. The van der Waals surface area contributed by atoms with Crippen LogP contribution in [-0.2, 0) is 27.7 Å². The highest BCUT2D eigenvalue weighted by atomic mass is 32.2. The summed E-state index contributed by atoms with van der Waals surface area (Å²) in [5.74, 6) is 0.0992. The third kappa shape index (κ3) is 5.56. The number of ether oxygens (including phenoxy) is 1. The van der Waals surface area contributed by atoms with Gasteiger partial charge in [-0.1, -0.05) is 31.2 Å². The van der Waals surface area contributed by atoms with E-state index >= 15 is 0 Å². The Morgan fingerprint density at radius 2 is 1.68 bits per heavy atom. The summed E-state index contributed by atoms with van der Waals surface area (Å²) in [6.45, 7) is 4.23. The van der Waals surface area contributed by atoms with Crippen LogP contribution in [-0.4, -0.2) is 39.3 Å². The molecule has 0 fully saturated rings. The smallest absolute Gasteiger partial charge is 0.246 e. The lowest BCUT2D eigenvalue weighted by molar-refractivity contribution is -0.116. The second-order valence-electron chi connectivity index (χ2n) is 6.60. The number of hydrogen-bond acceptors (Lipinski definition) is 4. The van der Waals surface area contributed by atoms with E-state index in [1.54, 1.807) is 19.1 Å². The van der Waals surface area contributed by atoms with Crippen LogP contribution in [0.2, 0.25) is 0 Å². The maximum Gasteiger partial charge on any atom is 0.246 e. The molecular weight excluding hydrogens is 376 g/mol. The normalized spacial score (nSPS) is 11.5. The SMILES string of the molecule is CCOc1ccc(NC(=O)CCc2ccc(CC)cc2)cc1S(=O)(=O)N(C)C. The van der Waals surface area contributed by atoms with Crippen molar-refractivity contribution >= 4 is 21.6 Å². The molecule has 152 valence electrons. The van der Waals surface area contributed by atoms with Crippen molar-refractivity contribution in [3.63, 3.8) is 0 Å². The Kier molecular flexibility index (Phi) is 7.60. The van der Waals surface area contributed by atoms with Crippen molar-refractivity contribution in [3.8, 4) is 5.75 Å². The molecule has 0 bridgehead atoms. The first-order chi connectivity index (χ1) is 13.3. The molecular formula is C21H28N2O4S. The van der Waals surface area contributed by atoms with E-state index in [4.69, 9.17) is 4.74 Å². The summed E-state index contributed by atoms with van der Waals surface area (Å²) < 4.78 is 31.7. The predicted molar refractivity (Wildman–Crippen MR) is 111 cm³/mol. The lowest BCUT2D eigenvalue weighted by atomic mass is 10.1. The highest BCUT2D eigenvalue weighted by Crippen LogP contribution is 2.29. The van der Waals surface area contributed by atoms with Crippen molar-refractivity contribution in [1.29, 1.82) is 0 Å².